The van der Waals surface area contributed by atoms with E-state index >= 15 is 0 Å². The highest BCUT2D eigenvalue weighted by Gasteiger charge is 2.07. The molecule has 0 spiro atoms. The monoisotopic (exact) mass is 525 g/mol. The zero-order valence-corrected chi connectivity index (χ0v) is 19.5. The van der Waals surface area contributed by atoms with Crippen LogP contribution in [0.5, 0.6) is 5.75 Å². The fourth-order valence-corrected chi connectivity index (χ4v) is 3.06. The van der Waals surface area contributed by atoms with Gasteiger partial charge in [0.2, 0.25) is 0 Å². The Labute approximate surface area is 193 Å². The molecule has 3 aromatic rings. The molecule has 0 saturated heterocycles. The SMILES string of the molecule is CN=C(NCc1ccccc1Cn1cccn1)NCc1ccc(Cl)cc1OC.I. The van der Waals surface area contributed by atoms with Crippen LogP contribution in [0.2, 0.25) is 5.02 Å². The quantitative estimate of drug-likeness (QED) is 0.277. The highest BCUT2D eigenvalue weighted by atomic mass is 127. The smallest absolute Gasteiger partial charge is 0.191 e. The summed E-state index contributed by atoms with van der Waals surface area (Å²) >= 11 is 6.03. The summed E-state index contributed by atoms with van der Waals surface area (Å²) in [5, 5.41) is 11.6. The molecule has 0 bridgehead atoms. The number of rotatable bonds is 7. The van der Waals surface area contributed by atoms with Crippen LogP contribution in [0.3, 0.4) is 0 Å². The van der Waals surface area contributed by atoms with Crippen LogP contribution in [0.4, 0.5) is 0 Å². The largest absolute Gasteiger partial charge is 0.496 e. The van der Waals surface area contributed by atoms with Gasteiger partial charge in [-0.05, 0) is 29.3 Å². The third-order valence-electron chi connectivity index (χ3n) is 4.38. The number of nitrogens with one attached hydrogen (secondary N) is 2. The first-order chi connectivity index (χ1) is 13.7. The van der Waals surface area contributed by atoms with Gasteiger partial charge >= 0.3 is 0 Å². The van der Waals surface area contributed by atoms with Gasteiger partial charge in [0.05, 0.1) is 13.7 Å². The first kappa shape index (κ1) is 23.0. The molecule has 6 nitrogen and oxygen atoms in total. The van der Waals surface area contributed by atoms with Crippen molar-refractivity contribution in [3.8, 4) is 5.75 Å². The van der Waals surface area contributed by atoms with Crippen LogP contribution < -0.4 is 15.4 Å². The van der Waals surface area contributed by atoms with Gasteiger partial charge in [0.15, 0.2) is 5.96 Å². The summed E-state index contributed by atoms with van der Waals surface area (Å²) in [6.45, 7) is 1.97. The lowest BCUT2D eigenvalue weighted by molar-refractivity contribution is 0.409. The lowest BCUT2D eigenvalue weighted by Crippen LogP contribution is -2.36. The van der Waals surface area contributed by atoms with Crippen molar-refractivity contribution in [1.29, 1.82) is 0 Å². The molecule has 29 heavy (non-hydrogen) atoms. The minimum Gasteiger partial charge on any atom is -0.496 e. The molecule has 154 valence electrons. The van der Waals surface area contributed by atoms with Crippen molar-refractivity contribution in [2.75, 3.05) is 14.2 Å². The van der Waals surface area contributed by atoms with Crippen LogP contribution >= 0.6 is 35.6 Å². The summed E-state index contributed by atoms with van der Waals surface area (Å²) in [7, 11) is 3.39. The van der Waals surface area contributed by atoms with Crippen molar-refractivity contribution < 1.29 is 4.74 Å². The van der Waals surface area contributed by atoms with Crippen molar-refractivity contribution in [1.82, 2.24) is 20.4 Å². The minimum absolute atomic E-state index is 0. The molecule has 0 radical (unpaired) electrons. The molecule has 1 heterocycles. The zero-order valence-electron chi connectivity index (χ0n) is 16.4. The Balaban J connectivity index is 0.00000300. The van der Waals surface area contributed by atoms with E-state index in [0.717, 1.165) is 17.9 Å². The molecule has 2 N–H and O–H groups in total. The fraction of sp³-hybridized carbons (Fsp3) is 0.238. The number of nitrogens with zero attached hydrogens (tertiary/aromatic N) is 3. The summed E-state index contributed by atoms with van der Waals surface area (Å²) in [5.74, 6) is 1.46. The van der Waals surface area contributed by atoms with Crippen LogP contribution in [0.25, 0.3) is 0 Å². The number of hydrogen-bond acceptors (Lipinski definition) is 3. The molecular formula is C21H25ClIN5O. The molecule has 1 aromatic heterocycles. The standard InChI is InChI=1S/C21H24ClN5O.HI/c1-23-21(25-14-17-8-9-19(22)12-20(17)28-2)24-13-16-6-3-4-7-18(16)15-27-11-5-10-26-27;/h3-12H,13-15H2,1-2H3,(H2,23,24,25);1H. The molecule has 8 heteroatoms. The molecular weight excluding hydrogens is 501 g/mol. The Hall–Kier alpha value is -2.26. The maximum absolute atomic E-state index is 6.03. The first-order valence-electron chi connectivity index (χ1n) is 9.00. The number of methoxy groups -OCH3 is 1. The van der Waals surface area contributed by atoms with Crippen LogP contribution in [0.1, 0.15) is 16.7 Å². The summed E-state index contributed by atoms with van der Waals surface area (Å²) < 4.78 is 7.31. The van der Waals surface area contributed by atoms with E-state index in [1.54, 1.807) is 26.4 Å². The number of ether oxygens (including phenoxy) is 1. The van der Waals surface area contributed by atoms with E-state index in [4.69, 9.17) is 16.3 Å². The second kappa shape index (κ2) is 11.7. The van der Waals surface area contributed by atoms with Crippen molar-refractivity contribution in [2.24, 2.45) is 4.99 Å². The Morgan fingerprint density at radius 1 is 1.07 bits per heavy atom. The van der Waals surface area contributed by atoms with Crippen molar-refractivity contribution in [2.45, 2.75) is 19.6 Å². The maximum Gasteiger partial charge on any atom is 0.191 e. The Morgan fingerprint density at radius 2 is 1.79 bits per heavy atom. The highest BCUT2D eigenvalue weighted by molar-refractivity contribution is 14.0. The minimum atomic E-state index is 0. The van der Waals surface area contributed by atoms with Gasteiger partial charge in [-0.1, -0.05) is 41.9 Å². The van der Waals surface area contributed by atoms with E-state index in [2.05, 4.69) is 32.9 Å². The summed E-state index contributed by atoms with van der Waals surface area (Å²) in [6, 6.07) is 15.8. The van der Waals surface area contributed by atoms with E-state index in [1.807, 2.05) is 41.2 Å². The molecule has 0 atom stereocenters. The number of benzene rings is 2. The van der Waals surface area contributed by atoms with Crippen LogP contribution in [-0.4, -0.2) is 29.9 Å². The third-order valence-corrected chi connectivity index (χ3v) is 4.61. The number of guanidine groups is 1. The summed E-state index contributed by atoms with van der Waals surface area (Å²) in [6.07, 6.45) is 3.75. The molecule has 3 rings (SSSR count). The van der Waals surface area contributed by atoms with E-state index < -0.39 is 0 Å². The Kier molecular flexibility index (Phi) is 9.27. The number of halogens is 2. The first-order valence-corrected chi connectivity index (χ1v) is 9.38. The van der Waals surface area contributed by atoms with Crippen molar-refractivity contribution >= 4 is 41.5 Å². The predicted octanol–water partition coefficient (Wildman–Crippen LogP) is 4.08. The van der Waals surface area contributed by atoms with Gasteiger partial charge in [-0.2, -0.15) is 5.10 Å². The van der Waals surface area contributed by atoms with E-state index in [9.17, 15) is 0 Å². The summed E-state index contributed by atoms with van der Waals surface area (Å²) in [4.78, 5) is 4.31. The van der Waals surface area contributed by atoms with Gasteiger partial charge in [0.1, 0.15) is 5.75 Å². The summed E-state index contributed by atoms with van der Waals surface area (Å²) in [5.41, 5.74) is 3.42. The molecule has 0 saturated carbocycles. The Morgan fingerprint density at radius 3 is 2.45 bits per heavy atom. The van der Waals surface area contributed by atoms with Gasteiger partial charge in [0.25, 0.3) is 0 Å². The molecule has 0 aliphatic heterocycles. The van der Waals surface area contributed by atoms with Gasteiger partial charge in [0, 0.05) is 43.1 Å². The molecule has 0 amide bonds. The average Bonchev–Trinajstić information content (AvgIpc) is 3.23. The second-order valence-electron chi connectivity index (χ2n) is 6.21. The van der Waals surface area contributed by atoms with Gasteiger partial charge in [-0.15, -0.1) is 24.0 Å². The molecule has 0 fully saturated rings. The normalized spacial score (nSPS) is 10.9. The fourth-order valence-electron chi connectivity index (χ4n) is 2.90. The molecule has 0 aliphatic rings. The number of hydrogen-bond donors (Lipinski definition) is 2. The number of aromatic nitrogens is 2. The van der Waals surface area contributed by atoms with Gasteiger partial charge in [-0.25, -0.2) is 0 Å². The second-order valence-corrected chi connectivity index (χ2v) is 6.64. The predicted molar refractivity (Wildman–Crippen MR) is 128 cm³/mol. The molecule has 0 aliphatic carbocycles. The van der Waals surface area contributed by atoms with Gasteiger partial charge in [-0.3, -0.25) is 9.67 Å². The number of aliphatic imine (C=N–C) groups is 1. The Bertz CT molecular complexity index is 931. The zero-order chi connectivity index (χ0) is 19.8. The van der Waals surface area contributed by atoms with Crippen molar-refractivity contribution in [3.63, 3.8) is 0 Å². The highest BCUT2D eigenvalue weighted by Crippen LogP contribution is 2.22. The molecule has 0 unspecified atom stereocenters. The van der Waals surface area contributed by atoms with E-state index in [1.165, 1.54) is 11.1 Å². The topological polar surface area (TPSA) is 63.5 Å². The lowest BCUT2D eigenvalue weighted by Gasteiger charge is -2.15. The van der Waals surface area contributed by atoms with Gasteiger partial charge < -0.3 is 15.4 Å². The van der Waals surface area contributed by atoms with Crippen LogP contribution in [0, 0.1) is 0 Å². The lowest BCUT2D eigenvalue weighted by atomic mass is 10.1. The van der Waals surface area contributed by atoms with Crippen LogP contribution in [-0.2, 0) is 19.6 Å². The maximum atomic E-state index is 6.03. The van der Waals surface area contributed by atoms with Crippen LogP contribution in [0.15, 0.2) is 65.9 Å². The van der Waals surface area contributed by atoms with E-state index in [-0.39, 0.29) is 24.0 Å². The van der Waals surface area contributed by atoms with Crippen molar-refractivity contribution in [3.05, 3.63) is 82.6 Å². The molecule has 2 aromatic carbocycles. The third kappa shape index (κ3) is 6.64. The average molecular weight is 526 g/mol. The van der Waals surface area contributed by atoms with E-state index in [0.29, 0.717) is 24.1 Å².